The van der Waals surface area contributed by atoms with Crippen molar-refractivity contribution >= 4 is 40.8 Å². The molecule has 0 aliphatic heterocycles. The maximum atomic E-state index is 2.28. The molecule has 13 heavy (non-hydrogen) atoms. The van der Waals surface area contributed by atoms with E-state index in [9.17, 15) is 0 Å². The van der Waals surface area contributed by atoms with Crippen LogP contribution in [0.5, 0.6) is 0 Å². The van der Waals surface area contributed by atoms with Crippen LogP contribution in [0.15, 0.2) is 22.3 Å². The van der Waals surface area contributed by atoms with E-state index in [0.717, 1.165) is 0 Å². The molecule has 0 spiro atoms. The van der Waals surface area contributed by atoms with E-state index in [2.05, 4.69) is 75.4 Å². The molecule has 3 heteroatoms. The summed E-state index contributed by atoms with van der Waals surface area (Å²) in [7, 11) is 1.38. The molecule has 0 aromatic heterocycles. The molecular weight excluding hydrogens is 433 g/mol. The van der Waals surface area contributed by atoms with Crippen molar-refractivity contribution in [3.05, 3.63) is 22.3 Å². The van der Waals surface area contributed by atoms with Gasteiger partial charge in [0.05, 0.1) is 0 Å². The molecule has 0 atom stereocenters. The summed E-state index contributed by atoms with van der Waals surface area (Å²) in [5.74, 6) is 0.694. The molecular formula is C10H16CoI2. The Hall–Kier alpha value is 1.45. The summed E-state index contributed by atoms with van der Waals surface area (Å²) in [5, 5.41) is 0. The average molecular weight is 449 g/mol. The van der Waals surface area contributed by atoms with E-state index in [1.54, 1.807) is 11.1 Å². The Labute approximate surface area is 111 Å². The van der Waals surface area contributed by atoms with Crippen molar-refractivity contribution < 1.29 is 8.26 Å². The molecule has 0 unspecified atom stereocenters. The Kier molecular flexibility index (Phi) is 7.61. The van der Waals surface area contributed by atoms with Crippen LogP contribution < -0.4 is 0 Å². The van der Waals surface area contributed by atoms with Crippen LogP contribution in [0, 0.1) is 5.92 Å². The predicted octanol–water partition coefficient (Wildman–Crippen LogP) is 5.08. The normalized spacial score (nSPS) is 18.1. The van der Waals surface area contributed by atoms with Crippen LogP contribution in [0.1, 0.15) is 34.6 Å². The van der Waals surface area contributed by atoms with Gasteiger partial charge in [0.25, 0.3) is 0 Å². The first kappa shape index (κ1) is 14.4. The SMILES string of the molecule is CC1=C(C)C(C)C(C)=C1C.[I][Co][I]. The minimum atomic E-state index is 0.694. The average Bonchev–Trinajstić information content (AvgIpc) is 2.25. The van der Waals surface area contributed by atoms with Gasteiger partial charge >= 0.3 is 49.1 Å². The number of allylic oxidation sites excluding steroid dienone is 4. The Morgan fingerprint density at radius 1 is 0.923 bits per heavy atom. The molecule has 0 radical (unpaired) electrons. The number of rotatable bonds is 0. The van der Waals surface area contributed by atoms with Gasteiger partial charge in [-0.15, -0.1) is 0 Å². The first-order valence-electron chi connectivity index (χ1n) is 4.16. The van der Waals surface area contributed by atoms with Gasteiger partial charge in [0.2, 0.25) is 0 Å². The molecule has 0 bridgehead atoms. The van der Waals surface area contributed by atoms with Crippen LogP contribution in [0.3, 0.4) is 0 Å². The number of hydrogen-bond donors (Lipinski definition) is 0. The molecule has 0 heterocycles. The van der Waals surface area contributed by atoms with Crippen molar-refractivity contribution in [1.29, 1.82) is 0 Å². The predicted molar refractivity (Wildman–Crippen MR) is 74.0 cm³/mol. The Balaban J connectivity index is 0.000000424. The Morgan fingerprint density at radius 3 is 1.23 bits per heavy atom. The summed E-state index contributed by atoms with van der Waals surface area (Å²) in [6, 6.07) is 0. The van der Waals surface area contributed by atoms with E-state index >= 15 is 0 Å². The summed E-state index contributed by atoms with van der Waals surface area (Å²) in [4.78, 5) is 0. The third-order valence-electron chi connectivity index (χ3n) is 3.04. The monoisotopic (exact) mass is 449 g/mol. The van der Waals surface area contributed by atoms with Crippen molar-refractivity contribution in [2.75, 3.05) is 0 Å². The topological polar surface area (TPSA) is 0 Å². The first-order chi connectivity index (χ1) is 5.97. The van der Waals surface area contributed by atoms with Crippen LogP contribution >= 0.6 is 40.8 Å². The fourth-order valence-corrected chi connectivity index (χ4v) is 1.57. The molecule has 0 aromatic rings. The summed E-state index contributed by atoms with van der Waals surface area (Å²) >= 11 is 4.49. The van der Waals surface area contributed by atoms with Gasteiger partial charge in [-0.1, -0.05) is 18.1 Å². The van der Waals surface area contributed by atoms with Crippen LogP contribution in [-0.2, 0) is 8.26 Å². The van der Waals surface area contributed by atoms with Crippen LogP contribution in [0.4, 0.5) is 0 Å². The quantitative estimate of drug-likeness (QED) is 0.453. The molecule has 0 saturated carbocycles. The summed E-state index contributed by atoms with van der Waals surface area (Å²) in [6.07, 6.45) is 0. The first-order valence-corrected chi connectivity index (χ1v) is 10.9. The second-order valence-electron chi connectivity index (χ2n) is 3.39. The molecule has 79 valence electrons. The van der Waals surface area contributed by atoms with Crippen LogP contribution in [-0.4, -0.2) is 0 Å². The van der Waals surface area contributed by atoms with E-state index in [1.807, 2.05) is 0 Å². The van der Waals surface area contributed by atoms with E-state index in [0.29, 0.717) is 5.92 Å². The van der Waals surface area contributed by atoms with Gasteiger partial charge in [-0.2, -0.15) is 0 Å². The third-order valence-corrected chi connectivity index (χ3v) is 3.04. The van der Waals surface area contributed by atoms with E-state index in [-0.39, 0.29) is 0 Å². The van der Waals surface area contributed by atoms with Gasteiger partial charge < -0.3 is 0 Å². The molecule has 1 rings (SSSR count). The number of halogens is 2. The standard InChI is InChI=1S/C10H16.Co.2HI/c1-6-7(2)9(4)10(5)8(6)3;;;/h6H,1-5H3;;2*1H/q;+2;;/p-2. The van der Waals surface area contributed by atoms with Gasteiger partial charge in [-0.05, 0) is 44.8 Å². The van der Waals surface area contributed by atoms with Crippen LogP contribution in [0.2, 0.25) is 0 Å². The zero-order chi connectivity index (χ0) is 10.6. The van der Waals surface area contributed by atoms with Gasteiger partial charge in [0, 0.05) is 0 Å². The third kappa shape index (κ3) is 3.83. The van der Waals surface area contributed by atoms with Gasteiger partial charge in [-0.25, -0.2) is 0 Å². The van der Waals surface area contributed by atoms with Crippen LogP contribution in [0.25, 0.3) is 0 Å². The molecule has 1 aliphatic carbocycles. The van der Waals surface area contributed by atoms with Crippen molar-refractivity contribution in [2.24, 2.45) is 5.92 Å². The number of hydrogen-bond acceptors (Lipinski definition) is 0. The molecule has 0 nitrogen and oxygen atoms in total. The molecule has 0 amide bonds. The molecule has 0 N–H and O–H groups in total. The summed E-state index contributed by atoms with van der Waals surface area (Å²) in [6.45, 7) is 11.2. The molecule has 0 aromatic carbocycles. The maximum absolute atomic E-state index is 2.28. The van der Waals surface area contributed by atoms with Crippen molar-refractivity contribution in [2.45, 2.75) is 34.6 Å². The second-order valence-corrected chi connectivity index (χ2v) is 12.2. The zero-order valence-corrected chi connectivity index (χ0v) is 14.0. The van der Waals surface area contributed by atoms with Gasteiger partial charge in [0.15, 0.2) is 0 Å². The molecule has 1 aliphatic rings. The fourth-order valence-electron chi connectivity index (χ4n) is 1.57. The van der Waals surface area contributed by atoms with E-state index in [1.165, 1.54) is 19.4 Å². The summed E-state index contributed by atoms with van der Waals surface area (Å²) < 4.78 is 0. The van der Waals surface area contributed by atoms with Gasteiger partial charge in [0.1, 0.15) is 0 Å². The molecule has 0 saturated heterocycles. The summed E-state index contributed by atoms with van der Waals surface area (Å²) in [5.41, 5.74) is 6.11. The second kappa shape index (κ2) is 6.84. The molecule has 0 fully saturated rings. The van der Waals surface area contributed by atoms with Crippen molar-refractivity contribution in [3.8, 4) is 0 Å². The van der Waals surface area contributed by atoms with Crippen molar-refractivity contribution in [3.63, 3.8) is 0 Å². The van der Waals surface area contributed by atoms with Crippen molar-refractivity contribution in [1.82, 2.24) is 0 Å². The van der Waals surface area contributed by atoms with E-state index < -0.39 is 0 Å². The fraction of sp³-hybridized carbons (Fsp3) is 0.600. The zero-order valence-electron chi connectivity index (χ0n) is 8.67. The Bertz CT molecular complexity index is 217. The van der Waals surface area contributed by atoms with Gasteiger partial charge in [-0.3, -0.25) is 0 Å². The minimum absolute atomic E-state index is 0.694. The van der Waals surface area contributed by atoms with E-state index in [4.69, 9.17) is 0 Å². The Morgan fingerprint density at radius 2 is 1.15 bits per heavy atom.